The Hall–Kier alpha value is -2.54. The summed E-state index contributed by atoms with van der Waals surface area (Å²) in [5, 5.41) is 4.13. The number of hydrogen-bond acceptors (Lipinski definition) is 5. The molecule has 122 valence electrons. The van der Waals surface area contributed by atoms with E-state index in [1.54, 1.807) is 6.20 Å². The van der Waals surface area contributed by atoms with Crippen molar-refractivity contribution in [2.75, 3.05) is 18.1 Å². The number of carbonyl (C=O) groups excluding carboxylic acids is 1. The second-order valence-corrected chi connectivity index (χ2v) is 7.57. The van der Waals surface area contributed by atoms with Gasteiger partial charge in [0.05, 0.1) is 11.4 Å². The van der Waals surface area contributed by atoms with Gasteiger partial charge in [-0.1, -0.05) is 0 Å². The number of ether oxygens (including phenoxy) is 1. The Morgan fingerprint density at radius 1 is 1.38 bits per heavy atom. The molecule has 0 atom stereocenters. The summed E-state index contributed by atoms with van der Waals surface area (Å²) in [6.07, 6.45) is 3.71. The zero-order valence-corrected chi connectivity index (χ0v) is 14.2. The molecule has 5 heterocycles. The van der Waals surface area contributed by atoms with E-state index in [2.05, 4.69) is 20.2 Å². The van der Waals surface area contributed by atoms with Crippen LogP contribution in [0.4, 0.5) is 5.69 Å². The number of rotatable bonds is 1. The molecule has 2 aliphatic heterocycles. The van der Waals surface area contributed by atoms with Gasteiger partial charge in [0, 0.05) is 23.3 Å². The number of H-pyrrole nitrogens is 1. The van der Waals surface area contributed by atoms with Crippen LogP contribution in [0.25, 0.3) is 21.5 Å². The van der Waals surface area contributed by atoms with Crippen molar-refractivity contribution in [3.05, 3.63) is 29.4 Å². The summed E-state index contributed by atoms with van der Waals surface area (Å²) < 4.78 is 6.01. The van der Waals surface area contributed by atoms with Crippen LogP contribution in [-0.4, -0.2) is 34.7 Å². The number of hydrogen-bond donors (Lipinski definition) is 2. The molecule has 6 nitrogen and oxygen atoms in total. The maximum absolute atomic E-state index is 12.6. The summed E-state index contributed by atoms with van der Waals surface area (Å²) in [4.78, 5) is 24.1. The number of aromatic amines is 1. The summed E-state index contributed by atoms with van der Waals surface area (Å²) in [6.45, 7) is 5.42. The van der Waals surface area contributed by atoms with Crippen molar-refractivity contribution in [1.82, 2.24) is 15.3 Å². The molecule has 2 N–H and O–H groups in total. The van der Waals surface area contributed by atoms with E-state index in [9.17, 15) is 4.79 Å². The van der Waals surface area contributed by atoms with E-state index >= 15 is 0 Å². The molecule has 7 heteroatoms. The van der Waals surface area contributed by atoms with Crippen LogP contribution in [0, 0.1) is 0 Å². The average molecular weight is 340 g/mol. The molecule has 0 aliphatic carbocycles. The Kier molecular flexibility index (Phi) is 2.60. The second kappa shape index (κ2) is 4.51. The SMILES string of the molecule is CC1(C)NC(=O)c2sc(-c3c[nH]c4ncccc34)c3c2N1CCO3. The van der Waals surface area contributed by atoms with Gasteiger partial charge in [0.25, 0.3) is 5.91 Å². The van der Waals surface area contributed by atoms with E-state index < -0.39 is 5.66 Å². The molecule has 24 heavy (non-hydrogen) atoms. The normalized spacial score (nSPS) is 18.2. The van der Waals surface area contributed by atoms with Gasteiger partial charge in [-0.3, -0.25) is 4.79 Å². The van der Waals surface area contributed by atoms with Crippen LogP contribution in [0.1, 0.15) is 23.5 Å². The number of pyridine rings is 1. The monoisotopic (exact) mass is 340 g/mol. The largest absolute Gasteiger partial charge is 0.488 e. The van der Waals surface area contributed by atoms with E-state index in [0.717, 1.165) is 44.3 Å². The lowest BCUT2D eigenvalue weighted by Crippen LogP contribution is -2.61. The minimum Gasteiger partial charge on any atom is -0.488 e. The number of nitrogens with zero attached hydrogens (tertiary/aromatic N) is 2. The highest BCUT2D eigenvalue weighted by Crippen LogP contribution is 2.53. The van der Waals surface area contributed by atoms with Gasteiger partial charge in [-0.15, -0.1) is 11.3 Å². The van der Waals surface area contributed by atoms with Crippen molar-refractivity contribution >= 4 is 34.0 Å². The molecule has 3 aromatic heterocycles. The fourth-order valence-electron chi connectivity index (χ4n) is 3.57. The molecule has 2 aliphatic rings. The lowest BCUT2D eigenvalue weighted by molar-refractivity contribution is 0.0895. The van der Waals surface area contributed by atoms with Crippen LogP contribution < -0.4 is 15.0 Å². The summed E-state index contributed by atoms with van der Waals surface area (Å²) >= 11 is 1.49. The molecule has 1 amide bonds. The van der Waals surface area contributed by atoms with Crippen molar-refractivity contribution in [1.29, 1.82) is 0 Å². The molecule has 0 bridgehead atoms. The standard InChI is InChI=1S/C17H16N4O2S/c1-17(2)20-16(22)14-11-12(23-7-6-21(11)17)13(24-14)10-8-19-15-9(10)4-3-5-18-15/h3-5,8H,6-7H2,1-2H3,(H,18,19)(H,20,22). The fourth-order valence-corrected chi connectivity index (χ4v) is 4.75. The van der Waals surface area contributed by atoms with E-state index in [1.165, 1.54) is 11.3 Å². The molecule has 0 aromatic carbocycles. The maximum Gasteiger partial charge on any atom is 0.265 e. The molecule has 0 saturated carbocycles. The molecule has 3 aromatic rings. The zero-order chi connectivity index (χ0) is 16.5. The highest BCUT2D eigenvalue weighted by Gasteiger charge is 2.43. The Balaban J connectivity index is 1.79. The third-order valence-electron chi connectivity index (χ3n) is 4.67. The maximum atomic E-state index is 12.6. The molecule has 0 fully saturated rings. The summed E-state index contributed by atoms with van der Waals surface area (Å²) in [6, 6.07) is 3.95. The molecule has 0 unspecified atom stereocenters. The summed E-state index contributed by atoms with van der Waals surface area (Å²) in [5.41, 5.74) is 2.37. The molecule has 0 spiro atoms. The number of carbonyl (C=O) groups is 1. The van der Waals surface area contributed by atoms with Crippen molar-refractivity contribution in [2.45, 2.75) is 19.5 Å². The minimum atomic E-state index is -0.414. The van der Waals surface area contributed by atoms with Gasteiger partial charge in [-0.25, -0.2) is 4.98 Å². The van der Waals surface area contributed by atoms with E-state index in [-0.39, 0.29) is 5.91 Å². The van der Waals surface area contributed by atoms with Crippen LogP contribution >= 0.6 is 11.3 Å². The first-order chi connectivity index (χ1) is 11.6. The Morgan fingerprint density at radius 2 is 2.25 bits per heavy atom. The van der Waals surface area contributed by atoms with Gasteiger partial charge in [-0.05, 0) is 26.0 Å². The van der Waals surface area contributed by atoms with Crippen molar-refractivity contribution in [3.8, 4) is 16.2 Å². The minimum absolute atomic E-state index is 0.0350. The van der Waals surface area contributed by atoms with Gasteiger partial charge in [0.1, 0.15) is 28.5 Å². The number of anilines is 1. The molecule has 5 rings (SSSR count). The summed E-state index contributed by atoms with van der Waals surface area (Å²) in [7, 11) is 0. The Morgan fingerprint density at radius 3 is 3.12 bits per heavy atom. The van der Waals surface area contributed by atoms with Gasteiger partial charge in [-0.2, -0.15) is 0 Å². The van der Waals surface area contributed by atoms with E-state index in [0.29, 0.717) is 6.61 Å². The first-order valence-electron chi connectivity index (χ1n) is 7.88. The number of nitrogens with one attached hydrogen (secondary N) is 2. The Bertz CT molecular complexity index is 988. The number of aromatic nitrogens is 2. The van der Waals surface area contributed by atoms with Crippen LogP contribution in [-0.2, 0) is 0 Å². The van der Waals surface area contributed by atoms with Crippen LogP contribution in [0.5, 0.6) is 5.75 Å². The predicted octanol–water partition coefficient (Wildman–Crippen LogP) is 2.97. The van der Waals surface area contributed by atoms with Crippen molar-refractivity contribution in [2.24, 2.45) is 0 Å². The lowest BCUT2D eigenvalue weighted by atomic mass is 10.0. The van der Waals surface area contributed by atoms with Gasteiger partial charge < -0.3 is 19.9 Å². The predicted molar refractivity (Wildman–Crippen MR) is 93.8 cm³/mol. The fraction of sp³-hybridized carbons (Fsp3) is 0.294. The first-order valence-corrected chi connectivity index (χ1v) is 8.70. The van der Waals surface area contributed by atoms with Gasteiger partial charge in [0.2, 0.25) is 0 Å². The zero-order valence-electron chi connectivity index (χ0n) is 13.3. The van der Waals surface area contributed by atoms with E-state index in [1.807, 2.05) is 32.2 Å². The van der Waals surface area contributed by atoms with Crippen LogP contribution in [0.15, 0.2) is 24.5 Å². The summed E-state index contributed by atoms with van der Waals surface area (Å²) in [5.74, 6) is 0.779. The molecular formula is C17H16N4O2S. The second-order valence-electron chi connectivity index (χ2n) is 6.55. The topological polar surface area (TPSA) is 70.2 Å². The first kappa shape index (κ1) is 13.9. The highest BCUT2D eigenvalue weighted by atomic mass is 32.1. The number of fused-ring (bicyclic) bond motifs is 1. The average Bonchev–Trinajstić information content (AvgIpc) is 3.14. The molecular weight excluding hydrogens is 324 g/mol. The van der Waals surface area contributed by atoms with Gasteiger partial charge >= 0.3 is 0 Å². The molecule has 0 radical (unpaired) electrons. The van der Waals surface area contributed by atoms with Crippen molar-refractivity contribution < 1.29 is 9.53 Å². The molecule has 0 saturated heterocycles. The third kappa shape index (κ3) is 1.70. The highest BCUT2D eigenvalue weighted by molar-refractivity contribution is 7.18. The third-order valence-corrected chi connectivity index (χ3v) is 5.86. The van der Waals surface area contributed by atoms with E-state index in [4.69, 9.17) is 4.74 Å². The quantitative estimate of drug-likeness (QED) is 0.714. The smallest absolute Gasteiger partial charge is 0.265 e. The van der Waals surface area contributed by atoms with Crippen LogP contribution in [0.3, 0.4) is 0 Å². The van der Waals surface area contributed by atoms with Crippen LogP contribution in [0.2, 0.25) is 0 Å². The van der Waals surface area contributed by atoms with Crippen molar-refractivity contribution in [3.63, 3.8) is 0 Å². The van der Waals surface area contributed by atoms with Gasteiger partial charge in [0.15, 0.2) is 5.75 Å². The number of amides is 1. The Labute approximate surface area is 142 Å². The number of thiophene rings is 1. The lowest BCUT2D eigenvalue weighted by Gasteiger charge is -2.45.